The van der Waals surface area contributed by atoms with Crippen LogP contribution in [0.25, 0.3) is 10.2 Å². The Labute approximate surface area is 214 Å². The molecule has 0 radical (unpaired) electrons. The van der Waals surface area contributed by atoms with Gasteiger partial charge >= 0.3 is 0 Å². The van der Waals surface area contributed by atoms with Crippen LogP contribution in [-0.4, -0.2) is 46.9 Å². The number of fused-ring (bicyclic) bond motifs is 1. The summed E-state index contributed by atoms with van der Waals surface area (Å²) in [6, 6.07) is 17.9. The van der Waals surface area contributed by atoms with E-state index in [1.165, 1.54) is 16.9 Å². The van der Waals surface area contributed by atoms with Crippen molar-refractivity contribution in [2.45, 2.75) is 50.7 Å². The number of aromatic nitrogens is 3. The number of nitrogens with one attached hydrogen (secondary N) is 2. The van der Waals surface area contributed by atoms with E-state index in [9.17, 15) is 13.5 Å². The first kappa shape index (κ1) is 24.6. The molecule has 0 aliphatic heterocycles. The number of hydrogen-bond acceptors (Lipinski definition) is 8. The topological polar surface area (TPSA) is 117 Å². The molecule has 0 spiro atoms. The van der Waals surface area contributed by atoms with Crippen LogP contribution < -0.4 is 10.0 Å². The van der Waals surface area contributed by atoms with Crippen molar-refractivity contribution < 1.29 is 13.5 Å². The lowest BCUT2D eigenvalue weighted by atomic mass is 9.93. The predicted molar refractivity (Wildman–Crippen MR) is 144 cm³/mol. The minimum atomic E-state index is -3.34. The van der Waals surface area contributed by atoms with E-state index < -0.39 is 10.0 Å². The van der Waals surface area contributed by atoms with E-state index in [2.05, 4.69) is 22.2 Å². The fraction of sp³-hybridized carbons (Fsp3) is 0.346. The molecule has 3 N–H and O–H groups in total. The molecular weight excluding hydrogens is 494 g/mol. The van der Waals surface area contributed by atoms with Gasteiger partial charge in [-0.25, -0.2) is 23.4 Å². The third kappa shape index (κ3) is 6.57. The Morgan fingerprint density at radius 2 is 1.67 bits per heavy atom. The van der Waals surface area contributed by atoms with E-state index >= 15 is 0 Å². The third-order valence-corrected chi connectivity index (χ3v) is 7.78. The van der Waals surface area contributed by atoms with Crippen molar-refractivity contribution in [2.75, 3.05) is 16.3 Å². The van der Waals surface area contributed by atoms with Crippen molar-refractivity contribution in [1.29, 1.82) is 0 Å². The number of sulfonamides is 1. The summed E-state index contributed by atoms with van der Waals surface area (Å²) >= 11 is 1.53. The molecule has 2 heterocycles. The maximum atomic E-state index is 11.6. The Kier molecular flexibility index (Phi) is 7.17. The zero-order valence-corrected chi connectivity index (χ0v) is 21.6. The standard InChI is InChI=1S/C26H29N5O3S2/c1-36(33,34)31-19-9-12-23-24(15-19)35-25(30-23)16-21-14-20(13-17-5-3-2-4-6-17)28-26(29-21)27-18-7-10-22(32)11-8-18/h2-6,9,12,14-15,18,22,31-32H,7-8,10-11,13,16H2,1H3,(H,27,28,29). The minimum Gasteiger partial charge on any atom is -0.393 e. The van der Waals surface area contributed by atoms with Crippen LogP contribution in [0.3, 0.4) is 0 Å². The molecule has 0 unspecified atom stereocenters. The maximum Gasteiger partial charge on any atom is 0.229 e. The molecule has 2 aromatic heterocycles. The van der Waals surface area contributed by atoms with Crippen LogP contribution in [0.4, 0.5) is 11.6 Å². The zero-order valence-electron chi connectivity index (χ0n) is 20.0. The highest BCUT2D eigenvalue weighted by Gasteiger charge is 2.20. The second-order valence-corrected chi connectivity index (χ2v) is 12.2. The van der Waals surface area contributed by atoms with Gasteiger partial charge in [-0.05, 0) is 55.5 Å². The molecule has 1 saturated carbocycles. The van der Waals surface area contributed by atoms with Crippen LogP contribution in [0.5, 0.6) is 0 Å². The van der Waals surface area contributed by atoms with E-state index in [1.54, 1.807) is 6.07 Å². The summed E-state index contributed by atoms with van der Waals surface area (Å²) in [6.45, 7) is 0. The summed E-state index contributed by atoms with van der Waals surface area (Å²) in [6.07, 6.45) is 5.54. The van der Waals surface area contributed by atoms with Gasteiger partial charge in [-0.15, -0.1) is 11.3 Å². The Balaban J connectivity index is 1.40. The van der Waals surface area contributed by atoms with Gasteiger partial charge in [-0.1, -0.05) is 30.3 Å². The number of aliphatic hydroxyl groups excluding tert-OH is 1. The van der Waals surface area contributed by atoms with Crippen LogP contribution in [0.1, 0.15) is 47.6 Å². The number of anilines is 2. The Morgan fingerprint density at radius 3 is 2.39 bits per heavy atom. The lowest BCUT2D eigenvalue weighted by molar-refractivity contribution is 0.126. The summed E-state index contributed by atoms with van der Waals surface area (Å²) in [4.78, 5) is 14.4. The van der Waals surface area contributed by atoms with Gasteiger partial charge in [0.15, 0.2) is 0 Å². The molecule has 0 saturated heterocycles. The van der Waals surface area contributed by atoms with Gasteiger partial charge in [-0.3, -0.25) is 4.72 Å². The quantitative estimate of drug-likeness (QED) is 0.314. The first-order chi connectivity index (χ1) is 17.3. The van der Waals surface area contributed by atoms with Gasteiger partial charge in [0.1, 0.15) is 0 Å². The minimum absolute atomic E-state index is 0.212. The number of thiazole rings is 1. The number of rotatable bonds is 8. The first-order valence-electron chi connectivity index (χ1n) is 12.0. The monoisotopic (exact) mass is 523 g/mol. The maximum absolute atomic E-state index is 11.6. The summed E-state index contributed by atoms with van der Waals surface area (Å²) in [5, 5.41) is 14.2. The number of hydrogen-bond donors (Lipinski definition) is 3. The van der Waals surface area contributed by atoms with Gasteiger partial charge in [0.05, 0.1) is 44.7 Å². The van der Waals surface area contributed by atoms with Gasteiger partial charge in [0.2, 0.25) is 16.0 Å². The van der Waals surface area contributed by atoms with Gasteiger partial charge < -0.3 is 10.4 Å². The fourth-order valence-electron chi connectivity index (χ4n) is 4.49. The van der Waals surface area contributed by atoms with Crippen molar-refractivity contribution in [2.24, 2.45) is 0 Å². The predicted octanol–water partition coefficient (Wildman–Crippen LogP) is 4.35. The third-order valence-electron chi connectivity index (χ3n) is 6.16. The Morgan fingerprint density at radius 1 is 0.944 bits per heavy atom. The molecular formula is C26H29N5O3S2. The molecule has 0 atom stereocenters. The normalized spacial score (nSPS) is 18.3. The van der Waals surface area contributed by atoms with Crippen LogP contribution in [0, 0.1) is 0 Å². The summed E-state index contributed by atoms with van der Waals surface area (Å²) in [5.74, 6) is 0.612. The van der Waals surface area contributed by atoms with Crippen molar-refractivity contribution in [1.82, 2.24) is 15.0 Å². The molecule has 1 aliphatic carbocycles. The molecule has 188 valence electrons. The summed E-state index contributed by atoms with van der Waals surface area (Å²) < 4.78 is 26.6. The second-order valence-electron chi connectivity index (χ2n) is 9.33. The van der Waals surface area contributed by atoms with Gasteiger partial charge in [0, 0.05) is 18.9 Å². The lowest BCUT2D eigenvalue weighted by Crippen LogP contribution is -2.29. The number of nitrogens with zero attached hydrogens (tertiary/aromatic N) is 3. The van der Waals surface area contributed by atoms with Crippen LogP contribution >= 0.6 is 11.3 Å². The second kappa shape index (κ2) is 10.5. The van der Waals surface area contributed by atoms with Crippen molar-refractivity contribution in [3.63, 3.8) is 0 Å². The number of aliphatic hydroxyl groups is 1. The van der Waals surface area contributed by atoms with Crippen molar-refractivity contribution in [3.8, 4) is 0 Å². The van der Waals surface area contributed by atoms with Crippen LogP contribution in [0.15, 0.2) is 54.6 Å². The van der Waals surface area contributed by atoms with E-state index in [1.807, 2.05) is 36.4 Å². The molecule has 10 heteroatoms. The summed E-state index contributed by atoms with van der Waals surface area (Å²) in [5.41, 5.74) is 4.34. The van der Waals surface area contributed by atoms with E-state index in [0.717, 1.165) is 58.6 Å². The highest BCUT2D eigenvalue weighted by atomic mass is 32.2. The van der Waals surface area contributed by atoms with E-state index in [-0.39, 0.29) is 12.1 Å². The van der Waals surface area contributed by atoms with E-state index in [4.69, 9.17) is 15.0 Å². The van der Waals surface area contributed by atoms with Crippen LogP contribution in [0.2, 0.25) is 0 Å². The SMILES string of the molecule is CS(=O)(=O)Nc1ccc2nc(Cc3cc(Cc4ccccc4)nc(NC4CCC(O)CC4)n3)sc2c1. The van der Waals surface area contributed by atoms with Gasteiger partial charge in [-0.2, -0.15) is 0 Å². The smallest absolute Gasteiger partial charge is 0.229 e. The van der Waals surface area contributed by atoms with E-state index in [0.29, 0.717) is 24.5 Å². The molecule has 0 amide bonds. The molecule has 1 aliphatic rings. The molecule has 0 bridgehead atoms. The zero-order chi connectivity index (χ0) is 25.1. The highest BCUT2D eigenvalue weighted by Crippen LogP contribution is 2.28. The lowest BCUT2D eigenvalue weighted by Gasteiger charge is -2.26. The average molecular weight is 524 g/mol. The average Bonchev–Trinajstić information content (AvgIpc) is 3.21. The molecule has 36 heavy (non-hydrogen) atoms. The first-order valence-corrected chi connectivity index (χ1v) is 14.7. The van der Waals surface area contributed by atoms with Crippen molar-refractivity contribution >= 4 is 43.2 Å². The molecule has 5 rings (SSSR count). The largest absolute Gasteiger partial charge is 0.393 e. The highest BCUT2D eigenvalue weighted by molar-refractivity contribution is 7.92. The number of benzene rings is 2. The van der Waals surface area contributed by atoms with Crippen LogP contribution in [-0.2, 0) is 22.9 Å². The summed E-state index contributed by atoms with van der Waals surface area (Å²) in [7, 11) is -3.34. The fourth-order valence-corrected chi connectivity index (χ4v) is 6.06. The molecule has 1 fully saturated rings. The molecule has 4 aromatic rings. The molecule has 2 aromatic carbocycles. The van der Waals surface area contributed by atoms with Gasteiger partial charge in [0.25, 0.3) is 0 Å². The Hall–Kier alpha value is -3.08. The van der Waals surface area contributed by atoms with Crippen molar-refractivity contribution in [3.05, 3.63) is 76.6 Å². The molecule has 8 nitrogen and oxygen atoms in total. The Bertz CT molecular complexity index is 1450.